The van der Waals surface area contributed by atoms with Crippen molar-refractivity contribution in [2.75, 3.05) is 56.6 Å². The van der Waals surface area contributed by atoms with Crippen LogP contribution in [-0.4, -0.2) is 63.1 Å². The number of anilines is 2. The van der Waals surface area contributed by atoms with Crippen LogP contribution >= 0.6 is 0 Å². The molecular formula is C21H24F2N4O3. The molecule has 160 valence electrons. The molecule has 2 aromatic carbocycles. The van der Waals surface area contributed by atoms with E-state index >= 15 is 0 Å². The van der Waals surface area contributed by atoms with Gasteiger partial charge in [-0.05, 0) is 24.3 Å². The Morgan fingerprint density at radius 3 is 2.50 bits per heavy atom. The lowest BCUT2D eigenvalue weighted by Gasteiger charge is -2.36. The highest BCUT2D eigenvalue weighted by Crippen LogP contribution is 2.28. The standard InChI is InChI=1S/C21H24F2N4O3/c1-30-19-5-3-2-4-18(19)27-12-10-26(11-13-27)9-8-24-20(28)21(29)25-17-14-15(22)6-7-16(17)23/h2-7,14H,8-13H2,1H3,(H,24,28)(H,25,29). The van der Waals surface area contributed by atoms with Gasteiger partial charge in [-0.25, -0.2) is 8.78 Å². The third-order valence-corrected chi connectivity index (χ3v) is 4.89. The maximum Gasteiger partial charge on any atom is 0.313 e. The van der Waals surface area contributed by atoms with Crippen molar-refractivity contribution in [3.05, 3.63) is 54.1 Å². The van der Waals surface area contributed by atoms with Crippen LogP contribution in [0.15, 0.2) is 42.5 Å². The topological polar surface area (TPSA) is 73.9 Å². The van der Waals surface area contributed by atoms with Crippen LogP contribution in [0.3, 0.4) is 0 Å². The number of hydrogen-bond acceptors (Lipinski definition) is 5. The van der Waals surface area contributed by atoms with E-state index in [-0.39, 0.29) is 12.2 Å². The van der Waals surface area contributed by atoms with Gasteiger partial charge in [0.2, 0.25) is 0 Å². The molecule has 1 saturated heterocycles. The molecule has 0 saturated carbocycles. The number of amides is 2. The highest BCUT2D eigenvalue weighted by Gasteiger charge is 2.20. The van der Waals surface area contributed by atoms with Gasteiger partial charge in [-0.15, -0.1) is 0 Å². The largest absolute Gasteiger partial charge is 0.495 e. The second-order valence-corrected chi connectivity index (χ2v) is 6.83. The average Bonchev–Trinajstić information content (AvgIpc) is 2.76. The zero-order valence-electron chi connectivity index (χ0n) is 16.7. The Bertz CT molecular complexity index is 902. The summed E-state index contributed by atoms with van der Waals surface area (Å²) < 4.78 is 32.1. The van der Waals surface area contributed by atoms with Gasteiger partial charge in [-0.1, -0.05) is 12.1 Å². The maximum atomic E-state index is 13.6. The molecule has 0 bridgehead atoms. The summed E-state index contributed by atoms with van der Waals surface area (Å²) in [4.78, 5) is 28.2. The molecule has 0 aromatic heterocycles. The quantitative estimate of drug-likeness (QED) is 0.701. The minimum Gasteiger partial charge on any atom is -0.495 e. The lowest BCUT2D eigenvalue weighted by molar-refractivity contribution is -0.136. The van der Waals surface area contributed by atoms with Gasteiger partial charge in [0.25, 0.3) is 0 Å². The first kappa shape index (κ1) is 21.5. The molecule has 3 rings (SSSR count). The van der Waals surface area contributed by atoms with E-state index in [2.05, 4.69) is 20.4 Å². The second-order valence-electron chi connectivity index (χ2n) is 6.83. The summed E-state index contributed by atoms with van der Waals surface area (Å²) in [5.41, 5.74) is 0.678. The predicted molar refractivity (Wildman–Crippen MR) is 110 cm³/mol. The third kappa shape index (κ3) is 5.44. The average molecular weight is 418 g/mol. The predicted octanol–water partition coefficient (Wildman–Crippen LogP) is 1.85. The first-order valence-electron chi connectivity index (χ1n) is 9.62. The van der Waals surface area contributed by atoms with E-state index in [1.165, 1.54) is 0 Å². The minimum atomic E-state index is -1.04. The van der Waals surface area contributed by atoms with E-state index in [4.69, 9.17) is 4.74 Å². The summed E-state index contributed by atoms with van der Waals surface area (Å²) in [5, 5.41) is 4.58. The normalized spacial score (nSPS) is 14.3. The molecule has 7 nitrogen and oxygen atoms in total. The van der Waals surface area contributed by atoms with Crippen molar-refractivity contribution < 1.29 is 23.1 Å². The van der Waals surface area contributed by atoms with Crippen LogP contribution in [0.25, 0.3) is 0 Å². The number of para-hydroxylation sites is 2. The van der Waals surface area contributed by atoms with Crippen molar-refractivity contribution in [3.8, 4) is 5.75 Å². The van der Waals surface area contributed by atoms with Crippen LogP contribution in [0.4, 0.5) is 20.2 Å². The summed E-state index contributed by atoms with van der Waals surface area (Å²) in [6.07, 6.45) is 0. The van der Waals surface area contributed by atoms with Crippen LogP contribution in [0.1, 0.15) is 0 Å². The fraction of sp³-hybridized carbons (Fsp3) is 0.333. The lowest BCUT2D eigenvalue weighted by Crippen LogP contribution is -2.49. The molecule has 1 aliphatic heterocycles. The Kier molecular flexibility index (Phi) is 7.18. The first-order valence-corrected chi connectivity index (χ1v) is 9.62. The van der Waals surface area contributed by atoms with Crippen molar-refractivity contribution in [2.24, 2.45) is 0 Å². The van der Waals surface area contributed by atoms with E-state index in [1.54, 1.807) is 7.11 Å². The number of carbonyl (C=O) groups is 2. The van der Waals surface area contributed by atoms with Gasteiger partial charge in [-0.2, -0.15) is 0 Å². The summed E-state index contributed by atoms with van der Waals surface area (Å²) in [7, 11) is 1.65. The zero-order valence-corrected chi connectivity index (χ0v) is 16.7. The van der Waals surface area contributed by atoms with Gasteiger partial charge in [0.15, 0.2) is 0 Å². The fourth-order valence-corrected chi connectivity index (χ4v) is 3.28. The molecule has 0 aliphatic carbocycles. The highest BCUT2D eigenvalue weighted by molar-refractivity contribution is 6.39. The van der Waals surface area contributed by atoms with Crippen LogP contribution in [0.2, 0.25) is 0 Å². The summed E-state index contributed by atoms with van der Waals surface area (Å²) in [6, 6.07) is 10.5. The van der Waals surface area contributed by atoms with E-state index < -0.39 is 23.4 Å². The second kappa shape index (κ2) is 10.0. The Balaban J connectivity index is 1.41. The SMILES string of the molecule is COc1ccccc1N1CCN(CCNC(=O)C(=O)Nc2cc(F)ccc2F)CC1. The van der Waals surface area contributed by atoms with Crippen molar-refractivity contribution in [3.63, 3.8) is 0 Å². The number of nitrogens with zero attached hydrogens (tertiary/aromatic N) is 2. The van der Waals surface area contributed by atoms with Crippen LogP contribution in [-0.2, 0) is 9.59 Å². The number of rotatable bonds is 6. The molecule has 0 unspecified atom stereocenters. The molecule has 1 aliphatic rings. The molecular weight excluding hydrogens is 394 g/mol. The number of halogens is 2. The summed E-state index contributed by atoms with van der Waals surface area (Å²) in [5.74, 6) is -2.63. The number of piperazine rings is 1. The molecule has 2 amide bonds. The maximum absolute atomic E-state index is 13.6. The van der Waals surface area contributed by atoms with Gasteiger partial charge >= 0.3 is 11.8 Å². The van der Waals surface area contributed by atoms with Gasteiger partial charge in [0.1, 0.15) is 17.4 Å². The third-order valence-electron chi connectivity index (χ3n) is 4.89. The molecule has 0 radical (unpaired) electrons. The molecule has 0 spiro atoms. The van der Waals surface area contributed by atoms with Crippen molar-refractivity contribution in [2.45, 2.75) is 0 Å². The van der Waals surface area contributed by atoms with Crippen molar-refractivity contribution in [1.82, 2.24) is 10.2 Å². The van der Waals surface area contributed by atoms with Crippen molar-refractivity contribution in [1.29, 1.82) is 0 Å². The Hall–Kier alpha value is -3.20. The zero-order chi connectivity index (χ0) is 21.5. The lowest BCUT2D eigenvalue weighted by atomic mass is 10.2. The number of benzene rings is 2. The van der Waals surface area contributed by atoms with E-state index in [9.17, 15) is 18.4 Å². The molecule has 1 heterocycles. The van der Waals surface area contributed by atoms with Gasteiger partial charge in [0.05, 0.1) is 18.5 Å². The summed E-state index contributed by atoms with van der Waals surface area (Å²) >= 11 is 0. The first-order chi connectivity index (χ1) is 14.5. The Morgan fingerprint density at radius 1 is 1.03 bits per heavy atom. The van der Waals surface area contributed by atoms with E-state index in [0.717, 1.165) is 55.8 Å². The minimum absolute atomic E-state index is 0.270. The molecule has 1 fully saturated rings. The fourth-order valence-electron chi connectivity index (χ4n) is 3.28. The molecule has 2 aromatic rings. The molecule has 30 heavy (non-hydrogen) atoms. The molecule has 0 atom stereocenters. The smallest absolute Gasteiger partial charge is 0.313 e. The summed E-state index contributed by atoms with van der Waals surface area (Å²) in [6.45, 7) is 4.07. The highest BCUT2D eigenvalue weighted by atomic mass is 19.1. The number of methoxy groups -OCH3 is 1. The molecule has 9 heteroatoms. The number of ether oxygens (including phenoxy) is 1. The Labute approximate surface area is 173 Å². The van der Waals surface area contributed by atoms with E-state index in [0.29, 0.717) is 6.54 Å². The van der Waals surface area contributed by atoms with Crippen molar-refractivity contribution >= 4 is 23.2 Å². The van der Waals surface area contributed by atoms with Gasteiger partial charge < -0.3 is 20.3 Å². The monoisotopic (exact) mass is 418 g/mol. The number of nitrogens with one attached hydrogen (secondary N) is 2. The van der Waals surface area contributed by atoms with Crippen LogP contribution in [0.5, 0.6) is 5.75 Å². The van der Waals surface area contributed by atoms with E-state index in [1.807, 2.05) is 24.3 Å². The van der Waals surface area contributed by atoms with Gasteiger partial charge in [0, 0.05) is 45.3 Å². The Morgan fingerprint density at radius 2 is 1.77 bits per heavy atom. The van der Waals surface area contributed by atoms with Crippen LogP contribution < -0.4 is 20.3 Å². The van der Waals surface area contributed by atoms with Gasteiger partial charge in [-0.3, -0.25) is 14.5 Å². The van der Waals surface area contributed by atoms with Crippen LogP contribution in [0, 0.1) is 11.6 Å². The number of carbonyl (C=O) groups excluding carboxylic acids is 2. The molecule has 2 N–H and O–H groups in total. The number of hydrogen-bond donors (Lipinski definition) is 2.